The van der Waals surface area contributed by atoms with Crippen molar-refractivity contribution in [3.05, 3.63) is 59.7 Å². The van der Waals surface area contributed by atoms with Crippen LogP contribution in [0.25, 0.3) is 0 Å². The van der Waals surface area contributed by atoms with Crippen LogP contribution in [0.2, 0.25) is 0 Å². The molecule has 208 valence electrons. The van der Waals surface area contributed by atoms with E-state index in [1.54, 1.807) is 19.2 Å². The van der Waals surface area contributed by atoms with Crippen molar-refractivity contribution in [1.29, 1.82) is 0 Å². The average molecular weight is 544 g/mol. The minimum Gasteiger partial charge on any atom is -0.497 e. The summed E-state index contributed by atoms with van der Waals surface area (Å²) >= 11 is 0. The van der Waals surface area contributed by atoms with Crippen LogP contribution in [0.1, 0.15) is 63.5 Å². The number of nitrogens with zero attached hydrogens (tertiary/aromatic N) is 2. The molecule has 1 saturated carbocycles. The molecule has 1 unspecified atom stereocenters. The van der Waals surface area contributed by atoms with Crippen molar-refractivity contribution in [3.8, 4) is 5.75 Å². The number of benzene rings is 2. The van der Waals surface area contributed by atoms with Crippen molar-refractivity contribution in [3.63, 3.8) is 0 Å². The molecular weight excluding hydrogens is 502 g/mol. The van der Waals surface area contributed by atoms with Crippen molar-refractivity contribution in [1.82, 2.24) is 10.2 Å². The molecule has 1 atom stereocenters. The van der Waals surface area contributed by atoms with Crippen LogP contribution >= 0.6 is 0 Å². The summed E-state index contributed by atoms with van der Waals surface area (Å²) in [7, 11) is -2.19. The van der Waals surface area contributed by atoms with Crippen molar-refractivity contribution in [2.75, 3.05) is 24.2 Å². The summed E-state index contributed by atoms with van der Waals surface area (Å²) < 4.78 is 32.0. The summed E-state index contributed by atoms with van der Waals surface area (Å²) in [6, 6.07) is 13.8. The van der Waals surface area contributed by atoms with E-state index in [-0.39, 0.29) is 18.5 Å². The van der Waals surface area contributed by atoms with Gasteiger partial charge in [-0.15, -0.1) is 0 Å². The molecule has 0 aromatic heterocycles. The highest BCUT2D eigenvalue weighted by Gasteiger charge is 2.32. The fourth-order valence-electron chi connectivity index (χ4n) is 4.94. The van der Waals surface area contributed by atoms with E-state index in [2.05, 4.69) is 5.32 Å². The molecule has 1 N–H and O–H groups in total. The molecule has 8 nitrogen and oxygen atoms in total. The first-order valence-corrected chi connectivity index (χ1v) is 15.3. The lowest BCUT2D eigenvalue weighted by molar-refractivity contribution is -0.140. The van der Waals surface area contributed by atoms with Gasteiger partial charge in [-0.05, 0) is 61.1 Å². The zero-order chi connectivity index (χ0) is 27.7. The first-order chi connectivity index (χ1) is 18.2. The monoisotopic (exact) mass is 543 g/mol. The van der Waals surface area contributed by atoms with E-state index in [4.69, 9.17) is 4.74 Å². The Bertz CT molecular complexity index is 1180. The van der Waals surface area contributed by atoms with E-state index in [9.17, 15) is 18.0 Å². The van der Waals surface area contributed by atoms with Gasteiger partial charge in [0.15, 0.2) is 0 Å². The maximum atomic E-state index is 13.9. The van der Waals surface area contributed by atoms with Crippen molar-refractivity contribution in [2.24, 2.45) is 0 Å². The molecule has 2 amide bonds. The second-order valence-electron chi connectivity index (χ2n) is 9.93. The van der Waals surface area contributed by atoms with Crippen LogP contribution in [0, 0.1) is 0 Å². The number of ether oxygens (including phenoxy) is 1. The minimum atomic E-state index is -3.76. The summed E-state index contributed by atoms with van der Waals surface area (Å²) in [6.07, 6.45) is 7.50. The molecule has 0 radical (unpaired) electrons. The van der Waals surface area contributed by atoms with Crippen molar-refractivity contribution in [2.45, 2.75) is 77.4 Å². The normalized spacial score (nSPS) is 14.9. The zero-order valence-electron chi connectivity index (χ0n) is 23.0. The Labute approximate surface area is 227 Å². The summed E-state index contributed by atoms with van der Waals surface area (Å²) in [6.45, 7) is 3.64. The van der Waals surface area contributed by atoms with Gasteiger partial charge in [-0.3, -0.25) is 13.9 Å². The molecule has 1 fully saturated rings. The van der Waals surface area contributed by atoms with Gasteiger partial charge in [0.1, 0.15) is 18.3 Å². The number of carbonyl (C=O) groups excluding carboxylic acids is 2. The lowest BCUT2D eigenvalue weighted by Gasteiger charge is -2.34. The van der Waals surface area contributed by atoms with Gasteiger partial charge in [0.2, 0.25) is 21.8 Å². The molecule has 1 aliphatic rings. The topological polar surface area (TPSA) is 96.0 Å². The van der Waals surface area contributed by atoms with Crippen LogP contribution in [-0.4, -0.2) is 57.1 Å². The maximum Gasteiger partial charge on any atom is 0.244 e. The van der Waals surface area contributed by atoms with Crippen LogP contribution < -0.4 is 14.4 Å². The Kier molecular flexibility index (Phi) is 10.6. The summed E-state index contributed by atoms with van der Waals surface area (Å²) in [5.74, 6) is 0.000638. The fourth-order valence-corrected chi connectivity index (χ4v) is 5.79. The molecular formula is C29H41N3O5S. The third kappa shape index (κ3) is 7.96. The molecule has 3 rings (SSSR count). The lowest BCUT2D eigenvalue weighted by Crippen LogP contribution is -2.53. The van der Waals surface area contributed by atoms with E-state index in [0.29, 0.717) is 17.9 Å². The average Bonchev–Trinajstić information content (AvgIpc) is 2.91. The van der Waals surface area contributed by atoms with E-state index in [1.807, 2.05) is 50.2 Å². The van der Waals surface area contributed by atoms with E-state index in [0.717, 1.165) is 53.8 Å². The van der Waals surface area contributed by atoms with Gasteiger partial charge in [0.25, 0.3) is 0 Å². The Balaban J connectivity index is 1.92. The standard InChI is InChI=1S/C29H41N3O5S/c1-5-22-15-17-25(18-16-22)32(38(4,35)36)21-28(33)31(20-23-11-10-14-26(19-23)37-3)27(6-2)29(34)30-24-12-8-7-9-13-24/h10-11,14-19,24,27H,5-9,12-13,20-21H2,1-4H3,(H,30,34). The number of aryl methyl sites for hydroxylation is 1. The first kappa shape index (κ1) is 29.5. The Hall–Kier alpha value is -3.07. The van der Waals surface area contributed by atoms with Gasteiger partial charge in [0.05, 0.1) is 19.1 Å². The molecule has 9 heteroatoms. The van der Waals surface area contributed by atoms with Crippen LogP contribution in [-0.2, 0) is 32.6 Å². The smallest absolute Gasteiger partial charge is 0.244 e. The number of nitrogens with one attached hydrogen (secondary N) is 1. The van der Waals surface area contributed by atoms with Gasteiger partial charge >= 0.3 is 0 Å². The van der Waals surface area contributed by atoms with Gasteiger partial charge in [-0.1, -0.05) is 57.4 Å². The molecule has 0 aliphatic heterocycles. The van der Waals surface area contributed by atoms with Crippen LogP contribution in [0.4, 0.5) is 5.69 Å². The highest BCUT2D eigenvalue weighted by Crippen LogP contribution is 2.23. The number of methoxy groups -OCH3 is 1. The predicted molar refractivity (Wildman–Crippen MR) is 151 cm³/mol. The number of carbonyl (C=O) groups is 2. The zero-order valence-corrected chi connectivity index (χ0v) is 23.8. The molecule has 2 aromatic rings. The molecule has 0 bridgehead atoms. The second kappa shape index (κ2) is 13.6. The summed E-state index contributed by atoms with van der Waals surface area (Å²) in [5, 5.41) is 3.15. The molecule has 1 aliphatic carbocycles. The molecule has 0 saturated heterocycles. The van der Waals surface area contributed by atoms with Crippen LogP contribution in [0.15, 0.2) is 48.5 Å². The number of hydrogen-bond acceptors (Lipinski definition) is 5. The van der Waals surface area contributed by atoms with Gasteiger partial charge in [-0.25, -0.2) is 8.42 Å². The number of hydrogen-bond donors (Lipinski definition) is 1. The number of sulfonamides is 1. The Morgan fingerprint density at radius 3 is 2.29 bits per heavy atom. The van der Waals surface area contributed by atoms with Crippen LogP contribution in [0.3, 0.4) is 0 Å². The van der Waals surface area contributed by atoms with Gasteiger partial charge in [-0.2, -0.15) is 0 Å². The lowest BCUT2D eigenvalue weighted by atomic mass is 9.95. The minimum absolute atomic E-state index is 0.101. The number of amides is 2. The quantitative estimate of drug-likeness (QED) is 0.431. The molecule has 0 spiro atoms. The second-order valence-corrected chi connectivity index (χ2v) is 11.8. The molecule has 38 heavy (non-hydrogen) atoms. The van der Waals surface area contributed by atoms with E-state index < -0.39 is 28.5 Å². The highest BCUT2D eigenvalue weighted by atomic mass is 32.2. The molecule has 2 aromatic carbocycles. The Morgan fingerprint density at radius 1 is 1.03 bits per heavy atom. The van der Waals surface area contributed by atoms with Gasteiger partial charge in [0, 0.05) is 12.6 Å². The predicted octanol–water partition coefficient (Wildman–Crippen LogP) is 4.28. The van der Waals surface area contributed by atoms with E-state index in [1.165, 1.54) is 11.3 Å². The van der Waals surface area contributed by atoms with E-state index >= 15 is 0 Å². The Morgan fingerprint density at radius 2 is 1.71 bits per heavy atom. The molecule has 0 heterocycles. The number of anilines is 1. The third-order valence-corrected chi connectivity index (χ3v) is 8.28. The van der Waals surface area contributed by atoms with Gasteiger partial charge < -0.3 is 15.0 Å². The summed E-state index contributed by atoms with van der Waals surface area (Å²) in [5.41, 5.74) is 2.28. The summed E-state index contributed by atoms with van der Waals surface area (Å²) in [4.78, 5) is 28.8. The van der Waals surface area contributed by atoms with Crippen molar-refractivity contribution >= 4 is 27.5 Å². The SMILES string of the molecule is CCc1ccc(N(CC(=O)N(Cc2cccc(OC)c2)C(CC)C(=O)NC2CCCCC2)S(C)(=O)=O)cc1. The fraction of sp³-hybridized carbons (Fsp3) is 0.517. The highest BCUT2D eigenvalue weighted by molar-refractivity contribution is 7.92. The third-order valence-electron chi connectivity index (χ3n) is 7.14. The number of rotatable bonds is 12. The first-order valence-electron chi connectivity index (χ1n) is 13.5. The largest absolute Gasteiger partial charge is 0.497 e. The maximum absolute atomic E-state index is 13.9. The van der Waals surface area contributed by atoms with Crippen LogP contribution in [0.5, 0.6) is 5.75 Å². The van der Waals surface area contributed by atoms with Crippen molar-refractivity contribution < 1.29 is 22.7 Å².